The van der Waals surface area contributed by atoms with Crippen molar-refractivity contribution in [2.45, 2.75) is 18.9 Å². The van der Waals surface area contributed by atoms with Crippen LogP contribution in [0.1, 0.15) is 18.4 Å². The van der Waals surface area contributed by atoms with Crippen molar-refractivity contribution >= 4 is 52.2 Å². The Morgan fingerprint density at radius 3 is 2.58 bits per heavy atom. The van der Waals surface area contributed by atoms with E-state index in [0.29, 0.717) is 0 Å². The Hall–Kier alpha value is -2.26. The first-order valence-corrected chi connectivity index (χ1v) is 7.96. The highest BCUT2D eigenvalue weighted by Gasteiger charge is 2.37. The molecule has 24 heavy (non-hydrogen) atoms. The molecule has 0 bridgehead atoms. The van der Waals surface area contributed by atoms with E-state index in [1.54, 1.807) is 6.07 Å². The second-order valence-electron chi connectivity index (χ2n) is 4.82. The molecular weight excluding hydrogens is 357 g/mol. The molecule has 1 saturated heterocycles. The average molecular weight is 367 g/mol. The molecule has 1 aliphatic rings. The molecule has 9 heteroatoms. The summed E-state index contributed by atoms with van der Waals surface area (Å²) in [4.78, 5) is 35.0. The Bertz CT molecular complexity index is 749. The van der Waals surface area contributed by atoms with Crippen LogP contribution in [-0.2, 0) is 14.4 Å². The summed E-state index contributed by atoms with van der Waals surface area (Å²) in [6.45, 7) is 0. The van der Waals surface area contributed by atoms with Crippen LogP contribution >= 0.6 is 24.0 Å². The minimum absolute atomic E-state index is 0.0461. The van der Waals surface area contributed by atoms with Gasteiger partial charge in [0.2, 0.25) is 0 Å². The number of thiocarbonyl (C=S) groups is 1. The molecule has 1 aromatic carbocycles. The number of hydrogen-bond acceptors (Lipinski definition) is 7. The number of carbonyl (C=O) groups excluding carboxylic acids is 3. The summed E-state index contributed by atoms with van der Waals surface area (Å²) in [5, 5.41) is 21.8. The maximum absolute atomic E-state index is 13.7. The van der Waals surface area contributed by atoms with Gasteiger partial charge < -0.3 is 19.8 Å². The summed E-state index contributed by atoms with van der Waals surface area (Å²) in [5.74, 6) is -4.36. The normalized spacial score (nSPS) is 17.4. The predicted molar refractivity (Wildman–Crippen MR) is 84.4 cm³/mol. The second-order valence-corrected chi connectivity index (χ2v) is 6.49. The summed E-state index contributed by atoms with van der Waals surface area (Å²) >= 11 is 5.81. The van der Waals surface area contributed by atoms with E-state index in [2.05, 4.69) is 0 Å². The monoisotopic (exact) mass is 367 g/mol. The van der Waals surface area contributed by atoms with Crippen LogP contribution in [0.25, 0.3) is 6.08 Å². The van der Waals surface area contributed by atoms with E-state index in [4.69, 9.17) is 12.2 Å². The lowest BCUT2D eigenvalue weighted by molar-refractivity contribution is -0.311. The van der Waals surface area contributed by atoms with Crippen molar-refractivity contribution in [3.8, 4) is 0 Å². The van der Waals surface area contributed by atoms with Crippen molar-refractivity contribution in [1.29, 1.82) is 0 Å². The van der Waals surface area contributed by atoms with E-state index in [-0.39, 0.29) is 14.8 Å². The van der Waals surface area contributed by atoms with Crippen LogP contribution in [0.2, 0.25) is 0 Å². The largest absolute Gasteiger partial charge is 0.550 e. The molecule has 0 aliphatic carbocycles. The molecule has 0 spiro atoms. The van der Waals surface area contributed by atoms with Gasteiger partial charge in [-0.25, -0.2) is 4.39 Å². The molecule has 0 saturated carbocycles. The minimum Gasteiger partial charge on any atom is -0.550 e. The first-order valence-electron chi connectivity index (χ1n) is 6.73. The molecule has 0 radical (unpaired) electrons. The fourth-order valence-electron chi connectivity index (χ4n) is 2.09. The number of carboxylic acids is 2. The minimum atomic E-state index is -1.63. The van der Waals surface area contributed by atoms with Gasteiger partial charge in [-0.1, -0.05) is 42.2 Å². The molecule has 0 unspecified atom stereocenters. The van der Waals surface area contributed by atoms with E-state index in [1.807, 2.05) is 0 Å². The Labute approximate surface area is 146 Å². The van der Waals surface area contributed by atoms with Crippen LogP contribution < -0.4 is 10.2 Å². The van der Waals surface area contributed by atoms with Crippen molar-refractivity contribution in [2.75, 3.05) is 0 Å². The summed E-state index contributed by atoms with van der Waals surface area (Å²) in [6.07, 6.45) is 0.297. The predicted octanol–water partition coefficient (Wildman–Crippen LogP) is -0.324. The van der Waals surface area contributed by atoms with Gasteiger partial charge in [-0.2, -0.15) is 0 Å². The summed E-state index contributed by atoms with van der Waals surface area (Å²) < 4.78 is 13.6. The van der Waals surface area contributed by atoms with Crippen molar-refractivity contribution in [2.24, 2.45) is 0 Å². The average Bonchev–Trinajstić information content (AvgIpc) is 2.77. The van der Waals surface area contributed by atoms with E-state index in [1.165, 1.54) is 24.3 Å². The number of carboxylic acid groups (broad SMARTS) is 2. The molecule has 1 atom stereocenters. The van der Waals surface area contributed by atoms with Gasteiger partial charge in [-0.15, -0.1) is 0 Å². The molecule has 6 nitrogen and oxygen atoms in total. The third-order valence-corrected chi connectivity index (χ3v) is 4.55. The SMILES string of the molecule is O=C([O-])CC[C@@H](C(=O)[O-])N1C(=O)/C(=C/c2ccccc2F)SC1=S. The number of carbonyl (C=O) groups is 3. The number of hydrogen-bond donors (Lipinski definition) is 0. The topological polar surface area (TPSA) is 101 Å². The second kappa shape index (κ2) is 7.54. The lowest BCUT2D eigenvalue weighted by Gasteiger charge is -2.27. The number of amides is 1. The van der Waals surface area contributed by atoms with Crippen LogP contribution in [0.15, 0.2) is 29.2 Å². The number of benzene rings is 1. The fraction of sp³-hybridized carbons (Fsp3) is 0.200. The zero-order valence-corrected chi connectivity index (χ0v) is 13.7. The molecule has 0 aromatic heterocycles. The van der Waals surface area contributed by atoms with Gasteiger partial charge in [-0.05, 0) is 25.0 Å². The van der Waals surface area contributed by atoms with Crippen molar-refractivity contribution in [3.63, 3.8) is 0 Å². The van der Waals surface area contributed by atoms with Crippen LogP contribution in [0.3, 0.4) is 0 Å². The lowest BCUT2D eigenvalue weighted by Crippen LogP contribution is -2.50. The van der Waals surface area contributed by atoms with Gasteiger partial charge in [0.25, 0.3) is 5.91 Å². The number of aliphatic carboxylic acids is 2. The Balaban J connectivity index is 2.28. The Kier molecular flexibility index (Phi) is 5.68. The molecule has 1 aliphatic heterocycles. The highest BCUT2D eigenvalue weighted by atomic mass is 32.2. The lowest BCUT2D eigenvalue weighted by atomic mass is 10.1. The Morgan fingerprint density at radius 1 is 1.33 bits per heavy atom. The fourth-order valence-corrected chi connectivity index (χ4v) is 3.44. The number of nitrogens with zero attached hydrogens (tertiary/aromatic N) is 1. The summed E-state index contributed by atoms with van der Waals surface area (Å²) in [6, 6.07) is 4.22. The van der Waals surface area contributed by atoms with Gasteiger partial charge >= 0.3 is 0 Å². The first kappa shape index (κ1) is 18.1. The molecule has 126 valence electrons. The summed E-state index contributed by atoms with van der Waals surface area (Å²) in [7, 11) is 0. The van der Waals surface area contributed by atoms with Crippen molar-refractivity contribution in [1.82, 2.24) is 4.90 Å². The molecule has 2 rings (SSSR count). The Morgan fingerprint density at radius 2 is 2.00 bits per heavy atom. The van der Waals surface area contributed by atoms with Crippen molar-refractivity contribution < 1.29 is 29.0 Å². The molecule has 1 fully saturated rings. The van der Waals surface area contributed by atoms with E-state index >= 15 is 0 Å². The molecule has 1 amide bonds. The smallest absolute Gasteiger partial charge is 0.266 e. The number of halogens is 1. The maximum atomic E-state index is 13.7. The highest BCUT2D eigenvalue weighted by Crippen LogP contribution is 2.35. The van der Waals surface area contributed by atoms with Crippen LogP contribution in [0, 0.1) is 5.82 Å². The first-order chi connectivity index (χ1) is 11.3. The van der Waals surface area contributed by atoms with Gasteiger partial charge in [-0.3, -0.25) is 9.69 Å². The highest BCUT2D eigenvalue weighted by molar-refractivity contribution is 8.26. The zero-order valence-electron chi connectivity index (χ0n) is 12.1. The number of thioether (sulfide) groups is 1. The third-order valence-electron chi connectivity index (χ3n) is 3.22. The van der Waals surface area contributed by atoms with Crippen molar-refractivity contribution in [3.05, 3.63) is 40.6 Å². The van der Waals surface area contributed by atoms with Crippen LogP contribution in [-0.4, -0.2) is 33.1 Å². The molecular formula is C15H10FNO5S2-2. The molecule has 1 aromatic rings. The standard InChI is InChI=1S/C15H12FNO5S2/c16-9-4-2-1-3-8(9)7-11-13(20)17(15(23)24-11)10(14(21)22)5-6-12(18)19/h1-4,7,10H,5-6H2,(H,18,19)(H,21,22)/p-2/b11-7-/t10-/m0/s1. The maximum Gasteiger partial charge on any atom is 0.266 e. The van der Waals surface area contributed by atoms with Crippen LogP contribution in [0.5, 0.6) is 0 Å². The number of rotatable bonds is 6. The quantitative estimate of drug-likeness (QED) is 0.501. The van der Waals surface area contributed by atoms with Crippen LogP contribution in [0.4, 0.5) is 4.39 Å². The summed E-state index contributed by atoms with van der Waals surface area (Å²) in [5.41, 5.74) is 0.151. The third kappa shape index (κ3) is 3.98. The van der Waals surface area contributed by atoms with Gasteiger partial charge in [0.1, 0.15) is 10.1 Å². The van der Waals surface area contributed by atoms with E-state index < -0.39 is 42.5 Å². The van der Waals surface area contributed by atoms with Gasteiger partial charge in [0, 0.05) is 11.5 Å². The zero-order chi connectivity index (χ0) is 17.9. The van der Waals surface area contributed by atoms with Gasteiger partial charge in [0.15, 0.2) is 0 Å². The van der Waals surface area contributed by atoms with Gasteiger partial charge in [0.05, 0.1) is 16.9 Å². The van der Waals surface area contributed by atoms with E-state index in [0.717, 1.165) is 16.7 Å². The molecule has 0 N–H and O–H groups in total. The molecule has 1 heterocycles. The van der Waals surface area contributed by atoms with E-state index in [9.17, 15) is 29.0 Å².